The average Bonchev–Trinajstić information content (AvgIpc) is 3.05. The zero-order valence-corrected chi connectivity index (χ0v) is 26.4. The van der Waals surface area contributed by atoms with Crippen molar-refractivity contribution >= 4 is 27.5 Å². The van der Waals surface area contributed by atoms with Gasteiger partial charge in [0.2, 0.25) is 11.8 Å². The molecule has 1 N–H and O–H groups in total. The highest BCUT2D eigenvalue weighted by Gasteiger charge is 2.34. The highest BCUT2D eigenvalue weighted by molar-refractivity contribution is 7.92. The van der Waals surface area contributed by atoms with E-state index in [4.69, 9.17) is 4.74 Å². The SMILES string of the molecule is CC[C@@H](C)NC(=O)[C@@H](CC)N(Cc1ccc(F)cc1)C(=O)CN(c1ccc(Oc2ccccc2)cc1)S(=O)(=O)c1ccccc1. The van der Waals surface area contributed by atoms with E-state index in [9.17, 15) is 22.4 Å². The van der Waals surface area contributed by atoms with Gasteiger partial charge in [0.15, 0.2) is 0 Å². The molecule has 0 unspecified atom stereocenters. The Morgan fingerprint density at radius 2 is 1.38 bits per heavy atom. The molecule has 4 rings (SSSR count). The van der Waals surface area contributed by atoms with Crippen LogP contribution in [0.3, 0.4) is 0 Å². The number of para-hydroxylation sites is 1. The van der Waals surface area contributed by atoms with E-state index in [-0.39, 0.29) is 35.5 Å². The molecule has 2 amide bonds. The van der Waals surface area contributed by atoms with Crippen molar-refractivity contribution in [1.29, 1.82) is 0 Å². The molecule has 0 heterocycles. The molecule has 0 aliphatic carbocycles. The van der Waals surface area contributed by atoms with Crippen molar-refractivity contribution in [2.75, 3.05) is 10.8 Å². The number of nitrogens with zero attached hydrogens (tertiary/aromatic N) is 2. The van der Waals surface area contributed by atoms with Crippen LogP contribution in [-0.4, -0.2) is 43.8 Å². The molecule has 0 bridgehead atoms. The summed E-state index contributed by atoms with van der Waals surface area (Å²) in [4.78, 5) is 28.9. The summed E-state index contributed by atoms with van der Waals surface area (Å²) in [5, 5.41) is 2.94. The smallest absolute Gasteiger partial charge is 0.264 e. The van der Waals surface area contributed by atoms with E-state index in [2.05, 4.69) is 5.32 Å². The number of anilines is 1. The van der Waals surface area contributed by atoms with Gasteiger partial charge in [-0.15, -0.1) is 0 Å². The second-order valence-electron chi connectivity index (χ2n) is 10.6. The van der Waals surface area contributed by atoms with E-state index in [1.165, 1.54) is 29.2 Å². The number of nitrogens with one attached hydrogen (secondary N) is 1. The standard InChI is InChI=1S/C35H38FN3O5S/c1-4-26(3)37-35(41)33(5-2)38(24-27-16-18-28(36)19-17-27)34(40)25-39(45(42,43)32-14-10-7-11-15-32)29-20-22-31(23-21-29)44-30-12-8-6-9-13-30/h6-23,26,33H,4-5,24-25H2,1-3H3,(H,37,41)/t26-,33-/m1/s1. The summed E-state index contributed by atoms with van der Waals surface area (Å²) in [6, 6.07) is 28.0. The van der Waals surface area contributed by atoms with Crippen LogP contribution in [0.2, 0.25) is 0 Å². The number of hydrogen-bond donors (Lipinski definition) is 1. The molecule has 10 heteroatoms. The van der Waals surface area contributed by atoms with Gasteiger partial charge in [0, 0.05) is 12.6 Å². The van der Waals surface area contributed by atoms with Gasteiger partial charge in [-0.3, -0.25) is 13.9 Å². The lowest BCUT2D eigenvalue weighted by molar-refractivity contribution is -0.140. The third-order valence-electron chi connectivity index (χ3n) is 7.37. The molecule has 0 radical (unpaired) electrons. The number of halogens is 1. The van der Waals surface area contributed by atoms with Crippen molar-refractivity contribution in [3.63, 3.8) is 0 Å². The largest absolute Gasteiger partial charge is 0.457 e. The Morgan fingerprint density at radius 1 is 0.800 bits per heavy atom. The van der Waals surface area contributed by atoms with E-state index in [0.29, 0.717) is 23.5 Å². The fraction of sp³-hybridized carbons (Fsp3) is 0.257. The first-order valence-electron chi connectivity index (χ1n) is 14.9. The fourth-order valence-electron chi connectivity index (χ4n) is 4.70. The van der Waals surface area contributed by atoms with Crippen LogP contribution < -0.4 is 14.4 Å². The van der Waals surface area contributed by atoms with E-state index in [1.807, 2.05) is 32.0 Å². The second kappa shape index (κ2) is 15.3. The van der Waals surface area contributed by atoms with Crippen molar-refractivity contribution in [3.05, 3.63) is 121 Å². The summed E-state index contributed by atoms with van der Waals surface area (Å²) >= 11 is 0. The Labute approximate surface area is 264 Å². The van der Waals surface area contributed by atoms with Crippen LogP contribution >= 0.6 is 0 Å². The van der Waals surface area contributed by atoms with Gasteiger partial charge in [0.1, 0.15) is 29.9 Å². The minimum Gasteiger partial charge on any atom is -0.457 e. The third-order valence-corrected chi connectivity index (χ3v) is 9.15. The van der Waals surface area contributed by atoms with Crippen molar-refractivity contribution in [2.24, 2.45) is 0 Å². The molecule has 0 saturated carbocycles. The lowest BCUT2D eigenvalue weighted by atomic mass is 10.1. The van der Waals surface area contributed by atoms with Crippen LogP contribution in [0.4, 0.5) is 10.1 Å². The highest BCUT2D eigenvalue weighted by atomic mass is 32.2. The van der Waals surface area contributed by atoms with Crippen molar-refractivity contribution in [2.45, 2.75) is 57.1 Å². The minimum absolute atomic E-state index is 0.00838. The van der Waals surface area contributed by atoms with Gasteiger partial charge in [-0.05, 0) is 86.0 Å². The molecule has 0 aliphatic heterocycles. The van der Waals surface area contributed by atoms with Crippen LogP contribution in [0.15, 0.2) is 114 Å². The van der Waals surface area contributed by atoms with Crippen LogP contribution in [0.1, 0.15) is 39.2 Å². The monoisotopic (exact) mass is 631 g/mol. The summed E-state index contributed by atoms with van der Waals surface area (Å²) < 4.78 is 48.7. The Bertz CT molecular complexity index is 1650. The summed E-state index contributed by atoms with van der Waals surface area (Å²) in [6.45, 7) is 5.00. The van der Waals surface area contributed by atoms with Crippen LogP contribution in [0, 0.1) is 5.82 Å². The minimum atomic E-state index is -4.21. The molecule has 4 aromatic carbocycles. The van der Waals surface area contributed by atoms with E-state index in [0.717, 1.165) is 4.31 Å². The Kier molecular flexibility index (Phi) is 11.3. The molecular formula is C35H38FN3O5S. The van der Waals surface area contributed by atoms with Gasteiger partial charge >= 0.3 is 0 Å². The van der Waals surface area contributed by atoms with Gasteiger partial charge in [-0.1, -0.05) is 62.4 Å². The lowest BCUT2D eigenvalue weighted by Crippen LogP contribution is -2.53. The third kappa shape index (κ3) is 8.69. The number of carbonyl (C=O) groups excluding carboxylic acids is 2. The maximum absolute atomic E-state index is 14.2. The normalized spacial score (nSPS) is 12.5. The molecule has 0 saturated heterocycles. The fourth-order valence-corrected chi connectivity index (χ4v) is 6.14. The van der Waals surface area contributed by atoms with Gasteiger partial charge in [0.25, 0.3) is 10.0 Å². The average molecular weight is 632 g/mol. The predicted molar refractivity (Wildman–Crippen MR) is 173 cm³/mol. The number of sulfonamides is 1. The first-order valence-corrected chi connectivity index (χ1v) is 16.3. The van der Waals surface area contributed by atoms with Gasteiger partial charge in [0.05, 0.1) is 10.6 Å². The zero-order valence-electron chi connectivity index (χ0n) is 25.6. The number of carbonyl (C=O) groups is 2. The summed E-state index contributed by atoms with van der Waals surface area (Å²) in [5.41, 5.74) is 0.839. The molecule has 45 heavy (non-hydrogen) atoms. The Hall–Kier alpha value is -4.70. The van der Waals surface area contributed by atoms with Gasteiger partial charge in [-0.2, -0.15) is 0 Å². The first kappa shape index (κ1) is 33.2. The maximum Gasteiger partial charge on any atom is 0.264 e. The Balaban J connectivity index is 1.71. The number of rotatable bonds is 14. The molecule has 0 aromatic heterocycles. The molecule has 0 aliphatic rings. The van der Waals surface area contributed by atoms with Crippen LogP contribution in [0.5, 0.6) is 11.5 Å². The van der Waals surface area contributed by atoms with E-state index >= 15 is 0 Å². The first-order chi connectivity index (χ1) is 21.6. The predicted octanol–water partition coefficient (Wildman–Crippen LogP) is 6.54. The topological polar surface area (TPSA) is 96.0 Å². The highest BCUT2D eigenvalue weighted by Crippen LogP contribution is 2.28. The Morgan fingerprint density at radius 3 is 1.96 bits per heavy atom. The molecule has 8 nitrogen and oxygen atoms in total. The quantitative estimate of drug-likeness (QED) is 0.171. The number of amides is 2. The summed E-state index contributed by atoms with van der Waals surface area (Å²) in [6.07, 6.45) is 0.979. The van der Waals surface area contributed by atoms with E-state index in [1.54, 1.807) is 73.7 Å². The van der Waals surface area contributed by atoms with Crippen molar-refractivity contribution in [3.8, 4) is 11.5 Å². The van der Waals surface area contributed by atoms with Crippen molar-refractivity contribution < 1.29 is 27.1 Å². The second-order valence-corrected chi connectivity index (χ2v) is 12.5. The number of ether oxygens (including phenoxy) is 1. The number of hydrogen-bond acceptors (Lipinski definition) is 5. The zero-order chi connectivity index (χ0) is 32.4. The van der Waals surface area contributed by atoms with E-state index < -0.39 is 34.3 Å². The molecule has 0 spiro atoms. The summed E-state index contributed by atoms with van der Waals surface area (Å²) in [5.74, 6) is -0.263. The molecule has 4 aromatic rings. The lowest BCUT2D eigenvalue weighted by Gasteiger charge is -2.33. The van der Waals surface area contributed by atoms with Gasteiger partial charge < -0.3 is 15.0 Å². The summed E-state index contributed by atoms with van der Waals surface area (Å²) in [7, 11) is -4.21. The molecule has 0 fully saturated rings. The maximum atomic E-state index is 14.2. The van der Waals surface area contributed by atoms with Crippen LogP contribution in [0.25, 0.3) is 0 Å². The van der Waals surface area contributed by atoms with Gasteiger partial charge in [-0.25, -0.2) is 12.8 Å². The molecule has 236 valence electrons. The molecule has 2 atom stereocenters. The van der Waals surface area contributed by atoms with Crippen molar-refractivity contribution in [1.82, 2.24) is 10.2 Å². The van der Waals surface area contributed by atoms with Crippen LogP contribution in [-0.2, 0) is 26.2 Å². The number of benzene rings is 4. The molecular weight excluding hydrogens is 593 g/mol.